The Bertz CT molecular complexity index is 2150. The number of rotatable bonds is 22. The van der Waals surface area contributed by atoms with Crippen molar-refractivity contribution in [3.05, 3.63) is 82.9 Å². The molecule has 0 saturated heterocycles. The number of ether oxygens (including phenoxy) is 2. The van der Waals surface area contributed by atoms with Crippen molar-refractivity contribution in [2.75, 3.05) is 23.7 Å². The first kappa shape index (κ1) is 46.8. The molecule has 0 fully saturated rings. The van der Waals surface area contributed by atoms with Crippen molar-refractivity contribution in [3.8, 4) is 11.5 Å². The second kappa shape index (κ2) is 21.5. The molecule has 6 amide bonds. The fraction of sp³-hybridized carbons (Fsp3) is 0.386. The van der Waals surface area contributed by atoms with Gasteiger partial charge in [-0.05, 0) is 68.9 Å². The zero-order valence-electron chi connectivity index (χ0n) is 34.8. The molecule has 2 unspecified atom stereocenters. The van der Waals surface area contributed by atoms with Crippen molar-refractivity contribution in [3.63, 3.8) is 0 Å². The summed E-state index contributed by atoms with van der Waals surface area (Å²) in [5.74, 6) is -5.03. The molecule has 0 radical (unpaired) electrons. The number of amides is 6. The average molecular weight is 871 g/mol. The number of benzene rings is 3. The number of esters is 1. The van der Waals surface area contributed by atoms with Gasteiger partial charge in [0.15, 0.2) is 5.60 Å². The van der Waals surface area contributed by atoms with E-state index in [0.717, 1.165) is 0 Å². The molecule has 2 aliphatic rings. The van der Waals surface area contributed by atoms with Crippen LogP contribution in [0.2, 0.25) is 0 Å². The van der Waals surface area contributed by atoms with Gasteiger partial charge in [-0.25, -0.2) is 4.79 Å². The van der Waals surface area contributed by atoms with E-state index in [0.29, 0.717) is 59.3 Å². The second-order valence-corrected chi connectivity index (χ2v) is 15.1. The fourth-order valence-electron chi connectivity index (χ4n) is 7.34. The number of unbranched alkanes of at least 4 members (excludes halogenated alkanes) is 2. The molecule has 5 rings (SSSR count). The Balaban J connectivity index is 1.33. The Hall–Kier alpha value is -7.31. The van der Waals surface area contributed by atoms with E-state index in [1.165, 1.54) is 13.8 Å². The molecule has 19 heteroatoms. The summed E-state index contributed by atoms with van der Waals surface area (Å²) < 4.78 is 12.7. The summed E-state index contributed by atoms with van der Waals surface area (Å²) in [7, 11) is 0. The maximum absolute atomic E-state index is 13.6. The molecular weight excluding hydrogens is 821 g/mol. The van der Waals surface area contributed by atoms with Gasteiger partial charge in [-0.3, -0.25) is 38.4 Å². The van der Waals surface area contributed by atoms with E-state index in [1.54, 1.807) is 60.7 Å². The summed E-state index contributed by atoms with van der Waals surface area (Å²) >= 11 is 0. The van der Waals surface area contributed by atoms with Gasteiger partial charge in [0.1, 0.15) is 23.6 Å². The van der Waals surface area contributed by atoms with E-state index in [9.17, 15) is 43.2 Å². The van der Waals surface area contributed by atoms with Gasteiger partial charge in [0.05, 0.1) is 18.4 Å². The van der Waals surface area contributed by atoms with Gasteiger partial charge in [-0.1, -0.05) is 18.2 Å². The highest BCUT2D eigenvalue weighted by Crippen LogP contribution is 2.56. The van der Waals surface area contributed by atoms with Gasteiger partial charge < -0.3 is 51.6 Å². The zero-order valence-corrected chi connectivity index (χ0v) is 34.8. The van der Waals surface area contributed by atoms with E-state index in [4.69, 9.17) is 19.7 Å². The molecule has 63 heavy (non-hydrogen) atoms. The molecule has 2 atom stereocenters. The van der Waals surface area contributed by atoms with E-state index < -0.39 is 71.0 Å². The largest absolute Gasteiger partial charge is 0.481 e. The fourth-order valence-corrected chi connectivity index (χ4v) is 7.34. The molecule has 0 saturated carbocycles. The molecule has 2 heterocycles. The third-order valence-corrected chi connectivity index (χ3v) is 10.3. The highest BCUT2D eigenvalue weighted by molar-refractivity contribution is 6.00. The number of nitrogens with one attached hydrogen (secondary N) is 6. The van der Waals surface area contributed by atoms with E-state index in [2.05, 4.69) is 31.9 Å². The monoisotopic (exact) mass is 870 g/mol. The van der Waals surface area contributed by atoms with Crippen molar-refractivity contribution < 1.29 is 62.8 Å². The lowest BCUT2D eigenvalue weighted by Gasteiger charge is -2.37. The molecule has 0 aromatic heterocycles. The zero-order chi connectivity index (χ0) is 45.7. The first-order valence-corrected chi connectivity index (χ1v) is 20.5. The Kier molecular flexibility index (Phi) is 15.9. The number of anilines is 2. The van der Waals surface area contributed by atoms with Crippen LogP contribution in [0.15, 0.2) is 60.7 Å². The number of aliphatic carboxylic acids is 2. The van der Waals surface area contributed by atoms with E-state index >= 15 is 0 Å². The summed E-state index contributed by atoms with van der Waals surface area (Å²) in [6.45, 7) is 3.08. The van der Waals surface area contributed by atoms with Crippen LogP contribution in [0.3, 0.4) is 0 Å². The van der Waals surface area contributed by atoms with Gasteiger partial charge in [0, 0.05) is 80.0 Å². The minimum atomic E-state index is -1.48. The molecule has 334 valence electrons. The number of carbonyl (C=O) groups is 9. The summed E-state index contributed by atoms with van der Waals surface area (Å²) in [6, 6.07) is 14.7. The summed E-state index contributed by atoms with van der Waals surface area (Å²) in [5.41, 5.74) is 0.887. The third-order valence-electron chi connectivity index (χ3n) is 10.3. The molecule has 0 aliphatic carbocycles. The topological polar surface area (TPSA) is 285 Å². The minimum absolute atomic E-state index is 0.149. The molecule has 19 nitrogen and oxygen atoms in total. The molecule has 3 aromatic carbocycles. The van der Waals surface area contributed by atoms with Crippen LogP contribution in [0.25, 0.3) is 0 Å². The van der Waals surface area contributed by atoms with E-state index in [-0.39, 0.29) is 63.1 Å². The Morgan fingerprint density at radius 3 is 1.51 bits per heavy atom. The maximum Gasteiger partial charge on any atom is 0.340 e. The van der Waals surface area contributed by atoms with E-state index in [1.807, 2.05) is 0 Å². The van der Waals surface area contributed by atoms with Gasteiger partial charge in [-0.15, -0.1) is 0 Å². The number of carbonyl (C=O) groups excluding carboxylic acids is 7. The Morgan fingerprint density at radius 1 is 0.603 bits per heavy atom. The van der Waals surface area contributed by atoms with Crippen LogP contribution < -0.4 is 36.6 Å². The Morgan fingerprint density at radius 2 is 1.06 bits per heavy atom. The van der Waals surface area contributed by atoms with Crippen molar-refractivity contribution in [2.45, 2.75) is 95.7 Å². The van der Waals surface area contributed by atoms with Crippen molar-refractivity contribution in [1.82, 2.24) is 21.3 Å². The lowest BCUT2D eigenvalue weighted by molar-refractivity contribution is -0.139. The summed E-state index contributed by atoms with van der Waals surface area (Å²) in [4.78, 5) is 110. The predicted octanol–water partition coefficient (Wildman–Crippen LogP) is 3.44. The minimum Gasteiger partial charge on any atom is -0.481 e. The number of hydrogen-bond donors (Lipinski definition) is 8. The Labute approximate surface area is 362 Å². The van der Waals surface area contributed by atoms with Crippen LogP contribution in [0.4, 0.5) is 11.4 Å². The predicted molar refractivity (Wildman–Crippen MR) is 225 cm³/mol. The number of fused-ring (bicyclic) bond motifs is 6. The van der Waals surface area contributed by atoms with Crippen molar-refractivity contribution in [1.29, 1.82) is 0 Å². The quantitative estimate of drug-likeness (QED) is 0.0531. The van der Waals surface area contributed by atoms with Gasteiger partial charge in [0.25, 0.3) is 0 Å². The normalized spacial score (nSPS) is 15.2. The van der Waals surface area contributed by atoms with Crippen LogP contribution in [0, 0.1) is 0 Å². The molecule has 3 aromatic rings. The summed E-state index contributed by atoms with van der Waals surface area (Å²) in [6.07, 6.45) is 1.40. The van der Waals surface area contributed by atoms with Crippen LogP contribution >= 0.6 is 0 Å². The molecule has 2 aliphatic heterocycles. The second-order valence-electron chi connectivity index (χ2n) is 15.1. The smallest absolute Gasteiger partial charge is 0.340 e. The van der Waals surface area contributed by atoms with Crippen molar-refractivity contribution >= 4 is 64.7 Å². The molecule has 1 spiro atoms. The highest BCUT2D eigenvalue weighted by Gasteiger charge is 2.53. The molecule has 0 bridgehead atoms. The molecular formula is C44H50N6O13. The summed E-state index contributed by atoms with van der Waals surface area (Å²) in [5, 5.41) is 33.7. The van der Waals surface area contributed by atoms with Gasteiger partial charge >= 0.3 is 17.9 Å². The SMILES string of the molecule is CC(=O)NC(CCCCNC(=O)CCC(=O)O)C(=O)Nc1ccc2c(c1)Oc1cc(NC(=O)C(CCCCNC(=O)CCC(=O)O)NC(C)=O)ccc1C21OC(=O)c2ccccc21. The third kappa shape index (κ3) is 12.4. The van der Waals surface area contributed by atoms with Gasteiger partial charge in [-0.2, -0.15) is 0 Å². The number of carboxylic acid groups (broad SMARTS) is 2. The van der Waals surface area contributed by atoms with Crippen LogP contribution in [0.1, 0.15) is 105 Å². The van der Waals surface area contributed by atoms with Crippen molar-refractivity contribution in [2.24, 2.45) is 0 Å². The molecule has 8 N–H and O–H groups in total. The van der Waals surface area contributed by atoms with Crippen LogP contribution in [-0.2, 0) is 48.7 Å². The first-order chi connectivity index (χ1) is 30.1. The highest BCUT2D eigenvalue weighted by atomic mass is 16.6. The number of hydrogen-bond acceptors (Lipinski definition) is 11. The van der Waals surface area contributed by atoms with Gasteiger partial charge in [0.2, 0.25) is 35.4 Å². The lowest BCUT2D eigenvalue weighted by Crippen LogP contribution is -2.43. The number of carboxylic acids is 2. The first-order valence-electron chi connectivity index (χ1n) is 20.5. The standard InChI is InChI=1S/C44H50N6O13/c1-25(51)47-33(11-5-7-21-45-37(53)17-19-39(55)56)41(59)49-27-13-15-31-35(23-27)62-36-24-28(14-16-32(36)44(31)30-10-4-3-9-29(30)43(61)63-44)50-42(60)34(48-26(2)52)12-6-8-22-46-38(54)18-20-40(57)58/h3-4,9-10,13-16,23-24,33-34H,5-8,11-12,17-22H2,1-2H3,(H,45,53)(H,46,54)(H,47,51)(H,48,52)(H,49,59)(H,50,60)(H,55,56)(H,57,58). The maximum atomic E-state index is 13.6. The average Bonchev–Trinajstić information content (AvgIpc) is 3.52. The lowest BCUT2D eigenvalue weighted by atomic mass is 9.77. The van der Waals surface area contributed by atoms with Crippen LogP contribution in [-0.4, -0.2) is 88.7 Å². The van der Waals surface area contributed by atoms with Crippen LogP contribution in [0.5, 0.6) is 11.5 Å².